The smallest absolute Gasteiger partial charge is 0.205 e. The fraction of sp³-hybridized carbons (Fsp3) is 0.190. The lowest BCUT2D eigenvalue weighted by molar-refractivity contribution is -0.694. The molecule has 0 aliphatic carbocycles. The van der Waals surface area contributed by atoms with Crippen LogP contribution in [0.4, 0.5) is 5.69 Å². The predicted octanol–water partition coefficient (Wildman–Crippen LogP) is 4.29. The Kier molecular flexibility index (Phi) is 5.21. The largest absolute Gasteiger partial charge is 0.378 e. The number of nitrogens with zero attached hydrogens (tertiary/aromatic N) is 2. The number of pyridine rings is 1. The number of aromatic nitrogens is 1. The van der Waals surface area contributed by atoms with Crippen molar-refractivity contribution in [1.29, 1.82) is 0 Å². The van der Waals surface area contributed by atoms with Gasteiger partial charge in [-0.15, -0.1) is 0 Å². The van der Waals surface area contributed by atoms with Crippen LogP contribution in [-0.2, 0) is 6.54 Å². The normalized spacial score (nSPS) is 11.3. The maximum atomic E-state index is 4.33. The molecule has 0 N–H and O–H groups in total. The maximum absolute atomic E-state index is 4.33. The third kappa shape index (κ3) is 3.80. The van der Waals surface area contributed by atoms with E-state index in [1.54, 1.807) is 0 Å². The second-order valence-electron chi connectivity index (χ2n) is 6.06. The highest BCUT2D eigenvalue weighted by Gasteiger charge is 2.04. The SMILES string of the molecule is CN(C)c1ccc2cc(/C=C/c3cccc[n+]3CCS)ccc2c1. The summed E-state index contributed by atoms with van der Waals surface area (Å²) < 4.78 is 2.22. The van der Waals surface area contributed by atoms with E-state index in [-0.39, 0.29) is 0 Å². The second kappa shape index (κ2) is 7.54. The first kappa shape index (κ1) is 16.6. The summed E-state index contributed by atoms with van der Waals surface area (Å²) in [6, 6.07) is 19.4. The minimum absolute atomic E-state index is 0.833. The van der Waals surface area contributed by atoms with Gasteiger partial charge in [0.1, 0.15) is 0 Å². The number of anilines is 1. The summed E-state index contributed by atoms with van der Waals surface area (Å²) in [5, 5.41) is 2.53. The van der Waals surface area contributed by atoms with E-state index in [2.05, 4.69) is 109 Å². The minimum atomic E-state index is 0.833. The Morgan fingerprint density at radius 3 is 2.54 bits per heavy atom. The van der Waals surface area contributed by atoms with Crippen molar-refractivity contribution >= 4 is 41.2 Å². The first-order valence-electron chi connectivity index (χ1n) is 8.16. The van der Waals surface area contributed by atoms with Gasteiger partial charge in [-0.1, -0.05) is 18.2 Å². The summed E-state index contributed by atoms with van der Waals surface area (Å²) in [5.41, 5.74) is 3.62. The van der Waals surface area contributed by atoms with E-state index in [0.717, 1.165) is 12.3 Å². The molecule has 0 fully saturated rings. The van der Waals surface area contributed by atoms with Crippen LogP contribution in [0.25, 0.3) is 22.9 Å². The molecule has 3 rings (SSSR count). The Labute approximate surface area is 149 Å². The molecule has 0 saturated carbocycles. The molecule has 1 heterocycles. The van der Waals surface area contributed by atoms with Gasteiger partial charge in [-0.25, -0.2) is 0 Å². The summed E-state index contributed by atoms with van der Waals surface area (Å²) >= 11 is 4.33. The molecule has 0 radical (unpaired) electrons. The van der Waals surface area contributed by atoms with Crippen LogP contribution < -0.4 is 9.47 Å². The van der Waals surface area contributed by atoms with Gasteiger partial charge < -0.3 is 4.90 Å². The number of hydrogen-bond donors (Lipinski definition) is 1. The number of fused-ring (bicyclic) bond motifs is 1. The average molecular weight is 335 g/mol. The fourth-order valence-electron chi connectivity index (χ4n) is 2.77. The lowest BCUT2D eigenvalue weighted by atomic mass is 10.1. The molecule has 0 bridgehead atoms. The quantitative estimate of drug-likeness (QED) is 0.539. The lowest BCUT2D eigenvalue weighted by Crippen LogP contribution is -2.37. The third-order valence-corrected chi connectivity index (χ3v) is 4.33. The molecule has 0 saturated heterocycles. The molecule has 0 aliphatic heterocycles. The van der Waals surface area contributed by atoms with Gasteiger partial charge >= 0.3 is 0 Å². The van der Waals surface area contributed by atoms with E-state index in [0.29, 0.717) is 0 Å². The van der Waals surface area contributed by atoms with Crippen molar-refractivity contribution in [2.75, 3.05) is 24.7 Å². The van der Waals surface area contributed by atoms with Crippen molar-refractivity contribution in [2.45, 2.75) is 6.54 Å². The third-order valence-electron chi connectivity index (χ3n) is 4.13. The molecule has 0 amide bonds. The number of aryl methyl sites for hydroxylation is 1. The highest BCUT2D eigenvalue weighted by atomic mass is 32.1. The van der Waals surface area contributed by atoms with Gasteiger partial charge in [0.25, 0.3) is 0 Å². The maximum Gasteiger partial charge on any atom is 0.205 e. The molecule has 122 valence electrons. The molecule has 3 heteroatoms. The molecule has 0 atom stereocenters. The summed E-state index contributed by atoms with van der Waals surface area (Å²) in [6.45, 7) is 0.911. The fourth-order valence-corrected chi connectivity index (χ4v) is 2.98. The van der Waals surface area contributed by atoms with Crippen molar-refractivity contribution in [2.24, 2.45) is 0 Å². The van der Waals surface area contributed by atoms with E-state index in [9.17, 15) is 0 Å². The van der Waals surface area contributed by atoms with E-state index < -0.39 is 0 Å². The molecule has 0 spiro atoms. The molecule has 24 heavy (non-hydrogen) atoms. The van der Waals surface area contributed by atoms with Crippen molar-refractivity contribution in [1.82, 2.24) is 0 Å². The Balaban J connectivity index is 1.89. The first-order chi connectivity index (χ1) is 11.7. The molecule has 0 unspecified atom stereocenters. The highest BCUT2D eigenvalue weighted by molar-refractivity contribution is 7.80. The molecule has 2 nitrogen and oxygen atoms in total. The zero-order valence-corrected chi connectivity index (χ0v) is 15.1. The van der Waals surface area contributed by atoms with Crippen LogP contribution >= 0.6 is 12.6 Å². The Morgan fingerprint density at radius 2 is 1.75 bits per heavy atom. The Hall–Kier alpha value is -2.26. The summed E-state index contributed by atoms with van der Waals surface area (Å²) in [5.74, 6) is 0.833. The monoisotopic (exact) mass is 335 g/mol. The minimum Gasteiger partial charge on any atom is -0.378 e. The lowest BCUT2D eigenvalue weighted by Gasteiger charge is -2.13. The molecular formula is C21H23N2S+. The summed E-state index contributed by atoms with van der Waals surface area (Å²) in [6.07, 6.45) is 6.43. The summed E-state index contributed by atoms with van der Waals surface area (Å²) in [7, 11) is 4.14. The molecular weight excluding hydrogens is 312 g/mol. The Bertz CT molecular complexity index is 869. The molecule has 2 aromatic carbocycles. The van der Waals surface area contributed by atoms with Crippen molar-refractivity contribution in [3.63, 3.8) is 0 Å². The van der Waals surface area contributed by atoms with Crippen molar-refractivity contribution in [3.8, 4) is 0 Å². The van der Waals surface area contributed by atoms with Crippen LogP contribution in [0.15, 0.2) is 60.8 Å². The zero-order chi connectivity index (χ0) is 16.9. The first-order valence-corrected chi connectivity index (χ1v) is 8.79. The Morgan fingerprint density at radius 1 is 0.958 bits per heavy atom. The van der Waals surface area contributed by atoms with Gasteiger partial charge in [0, 0.05) is 43.7 Å². The average Bonchev–Trinajstić information content (AvgIpc) is 2.60. The standard InChI is InChI=1S/C21H22N2S/c1-22(2)21-11-9-18-15-17(6-8-19(18)16-21)7-10-20-5-3-4-12-23(20)13-14-24/h3-12,15-16H,13-14H2,1-2H3/p+1. The summed E-state index contributed by atoms with van der Waals surface area (Å²) in [4.78, 5) is 2.13. The van der Waals surface area contributed by atoms with Gasteiger partial charge in [0.15, 0.2) is 12.7 Å². The van der Waals surface area contributed by atoms with Gasteiger partial charge in [0.05, 0.1) is 0 Å². The van der Waals surface area contributed by atoms with E-state index >= 15 is 0 Å². The molecule has 3 aromatic rings. The number of thiol groups is 1. The second-order valence-corrected chi connectivity index (χ2v) is 6.51. The van der Waals surface area contributed by atoms with Gasteiger partial charge in [-0.3, -0.25) is 0 Å². The van der Waals surface area contributed by atoms with Gasteiger partial charge in [-0.2, -0.15) is 17.2 Å². The molecule has 0 aliphatic rings. The van der Waals surface area contributed by atoms with E-state index in [1.165, 1.54) is 27.7 Å². The van der Waals surface area contributed by atoms with Crippen molar-refractivity contribution in [3.05, 3.63) is 72.1 Å². The van der Waals surface area contributed by atoms with Crippen LogP contribution in [0, 0.1) is 0 Å². The number of benzene rings is 2. The van der Waals surface area contributed by atoms with Gasteiger partial charge in [0.2, 0.25) is 5.69 Å². The van der Waals surface area contributed by atoms with E-state index in [4.69, 9.17) is 0 Å². The molecule has 1 aromatic heterocycles. The van der Waals surface area contributed by atoms with Gasteiger partial charge in [-0.05, 0) is 46.7 Å². The van der Waals surface area contributed by atoms with Crippen molar-refractivity contribution < 1.29 is 4.57 Å². The van der Waals surface area contributed by atoms with E-state index in [1.807, 2.05) is 0 Å². The van der Waals surface area contributed by atoms with Crippen LogP contribution in [0.2, 0.25) is 0 Å². The zero-order valence-electron chi connectivity index (χ0n) is 14.2. The van der Waals surface area contributed by atoms with Crippen LogP contribution in [0.3, 0.4) is 0 Å². The number of rotatable bonds is 5. The predicted molar refractivity (Wildman–Crippen MR) is 108 cm³/mol. The van der Waals surface area contributed by atoms with Crippen LogP contribution in [0.5, 0.6) is 0 Å². The number of hydrogen-bond acceptors (Lipinski definition) is 2. The highest BCUT2D eigenvalue weighted by Crippen LogP contribution is 2.22. The van der Waals surface area contributed by atoms with Crippen LogP contribution in [-0.4, -0.2) is 19.8 Å². The van der Waals surface area contributed by atoms with Crippen LogP contribution in [0.1, 0.15) is 11.3 Å². The topological polar surface area (TPSA) is 7.12 Å².